The molecule has 1 aromatic heterocycles. The van der Waals surface area contributed by atoms with Gasteiger partial charge in [-0.05, 0) is 30.4 Å². The number of nitriles is 1. The second-order valence-corrected chi connectivity index (χ2v) is 4.82. The lowest BCUT2D eigenvalue weighted by atomic mass is 9.82. The Morgan fingerprint density at radius 2 is 2.29 bits per heavy atom. The normalized spacial score (nSPS) is 18.4. The topological polar surface area (TPSA) is 57.9 Å². The number of rotatable bonds is 3. The maximum Gasteiger partial charge on any atom is 0.142 e. The zero-order valence-electron chi connectivity index (χ0n) is 10.1. The molecule has 1 aliphatic heterocycles. The van der Waals surface area contributed by atoms with Gasteiger partial charge in [0.05, 0.1) is 0 Å². The number of aromatic nitrogens is 1. The second-order valence-electron chi connectivity index (χ2n) is 4.82. The molecule has 1 aromatic rings. The lowest BCUT2D eigenvalue weighted by Gasteiger charge is -2.33. The Kier molecular flexibility index (Phi) is 3.60. The van der Waals surface area contributed by atoms with Crippen LogP contribution in [0.2, 0.25) is 0 Å². The molecule has 90 valence electrons. The second kappa shape index (κ2) is 5.15. The van der Waals surface area contributed by atoms with Gasteiger partial charge in [0, 0.05) is 31.6 Å². The molecule has 0 spiro atoms. The van der Waals surface area contributed by atoms with Crippen LogP contribution in [0, 0.1) is 16.7 Å². The van der Waals surface area contributed by atoms with E-state index >= 15 is 0 Å². The third-order valence-electron chi connectivity index (χ3n) is 3.29. The lowest BCUT2D eigenvalue weighted by molar-refractivity contribution is 0.0300. The van der Waals surface area contributed by atoms with Gasteiger partial charge in [0.2, 0.25) is 0 Å². The first kappa shape index (κ1) is 11.9. The summed E-state index contributed by atoms with van der Waals surface area (Å²) in [5.41, 5.74) is 1.70. The van der Waals surface area contributed by atoms with Gasteiger partial charge in [-0.25, -0.2) is 4.98 Å². The van der Waals surface area contributed by atoms with Crippen LogP contribution in [0.4, 0.5) is 5.69 Å². The number of nitrogens with zero attached hydrogens (tertiary/aromatic N) is 2. The van der Waals surface area contributed by atoms with Crippen LogP contribution in [0.1, 0.15) is 25.5 Å². The molecule has 2 rings (SSSR count). The van der Waals surface area contributed by atoms with Gasteiger partial charge < -0.3 is 10.1 Å². The first-order valence-corrected chi connectivity index (χ1v) is 5.90. The first-order valence-electron chi connectivity index (χ1n) is 5.90. The molecule has 4 heteroatoms. The van der Waals surface area contributed by atoms with Gasteiger partial charge in [0.25, 0.3) is 0 Å². The van der Waals surface area contributed by atoms with Gasteiger partial charge in [0.1, 0.15) is 11.8 Å². The summed E-state index contributed by atoms with van der Waals surface area (Å²) in [6.07, 6.45) is 3.82. The highest BCUT2D eigenvalue weighted by atomic mass is 16.5. The molecular weight excluding hydrogens is 214 g/mol. The molecule has 1 N–H and O–H groups in total. The number of anilines is 1. The average molecular weight is 231 g/mol. The number of nitrogens with one attached hydrogen (secondary N) is 1. The highest BCUT2D eigenvalue weighted by molar-refractivity contribution is 5.46. The molecule has 0 aromatic carbocycles. The number of pyridine rings is 1. The Labute approximate surface area is 102 Å². The SMILES string of the molecule is CC1(CNc2ccnc(C#N)c2)CCOCC1. The van der Waals surface area contributed by atoms with E-state index < -0.39 is 0 Å². The summed E-state index contributed by atoms with van der Waals surface area (Å²) < 4.78 is 5.37. The predicted octanol–water partition coefficient (Wildman–Crippen LogP) is 2.18. The standard InChI is InChI=1S/C13H17N3O/c1-13(3-6-17-7-4-13)10-16-11-2-5-15-12(8-11)9-14/h2,5,8H,3-4,6-7,10H2,1H3,(H,15,16). The number of hydrogen-bond acceptors (Lipinski definition) is 4. The van der Waals surface area contributed by atoms with Crippen LogP contribution in [0.25, 0.3) is 0 Å². The molecule has 0 unspecified atom stereocenters. The summed E-state index contributed by atoms with van der Waals surface area (Å²) in [5.74, 6) is 0. The van der Waals surface area contributed by atoms with E-state index in [1.807, 2.05) is 12.1 Å². The summed E-state index contributed by atoms with van der Waals surface area (Å²) in [6.45, 7) is 4.87. The summed E-state index contributed by atoms with van der Waals surface area (Å²) in [6, 6.07) is 5.72. The van der Waals surface area contributed by atoms with Crippen molar-refractivity contribution in [3.05, 3.63) is 24.0 Å². The number of hydrogen-bond donors (Lipinski definition) is 1. The first-order chi connectivity index (χ1) is 8.22. The molecule has 0 atom stereocenters. The van der Waals surface area contributed by atoms with Crippen LogP contribution in [-0.2, 0) is 4.74 Å². The smallest absolute Gasteiger partial charge is 0.142 e. The lowest BCUT2D eigenvalue weighted by Crippen LogP contribution is -2.33. The van der Waals surface area contributed by atoms with Crippen molar-refractivity contribution in [2.24, 2.45) is 5.41 Å². The van der Waals surface area contributed by atoms with Crippen molar-refractivity contribution in [3.8, 4) is 6.07 Å². The van der Waals surface area contributed by atoms with E-state index in [1.165, 1.54) is 0 Å². The van der Waals surface area contributed by atoms with Crippen LogP contribution in [0.3, 0.4) is 0 Å². The van der Waals surface area contributed by atoms with Crippen molar-refractivity contribution >= 4 is 5.69 Å². The van der Waals surface area contributed by atoms with Gasteiger partial charge in [-0.15, -0.1) is 0 Å². The molecule has 2 heterocycles. The quantitative estimate of drug-likeness (QED) is 0.866. The highest BCUT2D eigenvalue weighted by Gasteiger charge is 2.26. The Morgan fingerprint density at radius 1 is 1.53 bits per heavy atom. The fraction of sp³-hybridized carbons (Fsp3) is 0.538. The molecule has 1 saturated heterocycles. The average Bonchev–Trinajstić information content (AvgIpc) is 2.38. The zero-order valence-corrected chi connectivity index (χ0v) is 10.1. The van der Waals surface area contributed by atoms with Crippen LogP contribution in [0.5, 0.6) is 0 Å². The van der Waals surface area contributed by atoms with Gasteiger partial charge in [-0.3, -0.25) is 0 Å². The van der Waals surface area contributed by atoms with Crippen LogP contribution < -0.4 is 5.32 Å². The molecule has 1 aliphatic rings. The molecule has 17 heavy (non-hydrogen) atoms. The molecule has 0 aliphatic carbocycles. The minimum Gasteiger partial charge on any atom is -0.384 e. The fourth-order valence-corrected chi connectivity index (χ4v) is 1.96. The minimum atomic E-state index is 0.286. The Hall–Kier alpha value is -1.60. The summed E-state index contributed by atoms with van der Waals surface area (Å²) >= 11 is 0. The van der Waals surface area contributed by atoms with Gasteiger partial charge in [0.15, 0.2) is 0 Å². The van der Waals surface area contributed by atoms with Gasteiger partial charge in [-0.2, -0.15) is 5.26 Å². The van der Waals surface area contributed by atoms with E-state index in [0.29, 0.717) is 5.69 Å². The van der Waals surface area contributed by atoms with Gasteiger partial charge in [-0.1, -0.05) is 6.92 Å². The highest BCUT2D eigenvalue weighted by Crippen LogP contribution is 2.29. The van der Waals surface area contributed by atoms with Crippen LogP contribution in [-0.4, -0.2) is 24.7 Å². The Morgan fingerprint density at radius 3 is 3.00 bits per heavy atom. The molecule has 0 radical (unpaired) electrons. The predicted molar refractivity (Wildman–Crippen MR) is 65.6 cm³/mol. The van der Waals surface area contributed by atoms with E-state index in [0.717, 1.165) is 38.3 Å². The molecular formula is C13H17N3O. The van der Waals surface area contributed by atoms with E-state index in [9.17, 15) is 0 Å². The van der Waals surface area contributed by atoms with Crippen molar-refractivity contribution in [1.29, 1.82) is 5.26 Å². The zero-order chi connectivity index (χ0) is 12.1. The molecule has 1 fully saturated rings. The van der Waals surface area contributed by atoms with E-state index in [-0.39, 0.29) is 5.41 Å². The molecule has 0 amide bonds. The van der Waals surface area contributed by atoms with Crippen molar-refractivity contribution in [1.82, 2.24) is 4.98 Å². The molecule has 4 nitrogen and oxygen atoms in total. The van der Waals surface area contributed by atoms with Crippen molar-refractivity contribution in [2.45, 2.75) is 19.8 Å². The summed E-state index contributed by atoms with van der Waals surface area (Å²) in [7, 11) is 0. The minimum absolute atomic E-state index is 0.286. The van der Waals surface area contributed by atoms with Crippen molar-refractivity contribution in [2.75, 3.05) is 25.1 Å². The third kappa shape index (κ3) is 3.18. The van der Waals surface area contributed by atoms with Crippen molar-refractivity contribution in [3.63, 3.8) is 0 Å². The maximum atomic E-state index is 8.77. The largest absolute Gasteiger partial charge is 0.384 e. The van der Waals surface area contributed by atoms with E-state index in [2.05, 4.69) is 17.2 Å². The van der Waals surface area contributed by atoms with Crippen LogP contribution in [0.15, 0.2) is 18.3 Å². The Bertz CT molecular complexity index is 419. The monoisotopic (exact) mass is 231 g/mol. The third-order valence-corrected chi connectivity index (χ3v) is 3.29. The summed E-state index contributed by atoms with van der Waals surface area (Å²) in [5, 5.41) is 12.2. The van der Waals surface area contributed by atoms with Crippen molar-refractivity contribution < 1.29 is 4.74 Å². The maximum absolute atomic E-state index is 8.77. The molecule has 0 bridgehead atoms. The fourth-order valence-electron chi connectivity index (χ4n) is 1.96. The van der Waals surface area contributed by atoms with E-state index in [4.69, 9.17) is 10.00 Å². The van der Waals surface area contributed by atoms with E-state index in [1.54, 1.807) is 12.3 Å². The van der Waals surface area contributed by atoms with Gasteiger partial charge >= 0.3 is 0 Å². The molecule has 0 saturated carbocycles. The number of ether oxygens (including phenoxy) is 1. The van der Waals surface area contributed by atoms with Crippen LogP contribution >= 0.6 is 0 Å². The Balaban J connectivity index is 1.95. The summed E-state index contributed by atoms with van der Waals surface area (Å²) in [4.78, 5) is 3.95.